The first-order valence-corrected chi connectivity index (χ1v) is 7.10. The molecule has 1 rings (SSSR count). The Labute approximate surface area is 116 Å². The number of benzene rings is 1. The molecule has 1 aromatic rings. The Morgan fingerprint density at radius 1 is 1.10 bits per heavy atom. The summed E-state index contributed by atoms with van der Waals surface area (Å²) >= 11 is 0. The van der Waals surface area contributed by atoms with Gasteiger partial charge in [-0.15, -0.1) is 0 Å². The van der Waals surface area contributed by atoms with Crippen molar-refractivity contribution in [1.82, 2.24) is 0 Å². The number of aliphatic hydroxyl groups is 1. The van der Waals surface area contributed by atoms with E-state index in [1.54, 1.807) is 0 Å². The van der Waals surface area contributed by atoms with Crippen LogP contribution in [0.15, 0.2) is 24.3 Å². The van der Waals surface area contributed by atoms with Crippen LogP contribution < -0.4 is 4.74 Å². The number of esters is 1. The zero-order valence-corrected chi connectivity index (χ0v) is 12.5. The molecule has 7 nitrogen and oxygen atoms in total. The van der Waals surface area contributed by atoms with Crippen molar-refractivity contribution in [3.8, 4) is 5.75 Å². The van der Waals surface area contributed by atoms with E-state index in [0.717, 1.165) is 21.3 Å². The summed E-state index contributed by atoms with van der Waals surface area (Å²) in [6.45, 7) is 0. The predicted molar refractivity (Wildman–Crippen MR) is 70.5 cm³/mol. The van der Waals surface area contributed by atoms with Crippen molar-refractivity contribution in [1.29, 1.82) is 0 Å². The van der Waals surface area contributed by atoms with Crippen LogP contribution >= 0.6 is 7.60 Å². The highest BCUT2D eigenvalue weighted by atomic mass is 31.2. The zero-order valence-electron chi connectivity index (χ0n) is 11.7. The summed E-state index contributed by atoms with van der Waals surface area (Å²) in [6.07, 6.45) is 0. The fraction of sp³-hybridized carbons (Fsp3) is 0.417. The van der Waals surface area contributed by atoms with Gasteiger partial charge in [0, 0.05) is 19.8 Å². The van der Waals surface area contributed by atoms with Crippen LogP contribution in [-0.2, 0) is 28.5 Å². The predicted octanol–water partition coefficient (Wildman–Crippen LogP) is 1.50. The highest BCUT2D eigenvalue weighted by molar-refractivity contribution is 7.56. The van der Waals surface area contributed by atoms with Crippen molar-refractivity contribution in [2.24, 2.45) is 0 Å². The summed E-state index contributed by atoms with van der Waals surface area (Å²) in [5, 5.41) is 8.05. The number of methoxy groups -OCH3 is 2. The Hall–Kier alpha value is -1.40. The van der Waals surface area contributed by atoms with E-state index >= 15 is 0 Å². The third-order valence-corrected chi connectivity index (χ3v) is 5.03. The van der Waals surface area contributed by atoms with Crippen molar-refractivity contribution < 1.29 is 33.0 Å². The summed E-state index contributed by atoms with van der Waals surface area (Å²) < 4.78 is 31.5. The maximum absolute atomic E-state index is 12.5. The number of rotatable bonds is 6. The molecule has 1 N–H and O–H groups in total. The minimum absolute atomic E-state index is 0.0113. The smallest absolute Gasteiger partial charge is 0.377 e. The van der Waals surface area contributed by atoms with E-state index in [2.05, 4.69) is 4.74 Å². The fourth-order valence-corrected chi connectivity index (χ4v) is 3.15. The van der Waals surface area contributed by atoms with E-state index in [1.807, 2.05) is 0 Å². The molecule has 112 valence electrons. The molecule has 0 aliphatic heterocycles. The number of carbonyl (C=O) groups is 1. The van der Waals surface area contributed by atoms with Crippen LogP contribution in [0.5, 0.6) is 5.75 Å². The molecule has 0 saturated carbocycles. The number of hydrogen-bond acceptors (Lipinski definition) is 7. The van der Waals surface area contributed by atoms with E-state index in [0.29, 0.717) is 5.75 Å². The van der Waals surface area contributed by atoms with Gasteiger partial charge in [0.15, 0.2) is 0 Å². The molecule has 20 heavy (non-hydrogen) atoms. The van der Waals surface area contributed by atoms with Crippen LogP contribution in [0.3, 0.4) is 0 Å². The number of hydrogen-bond donors (Lipinski definition) is 1. The lowest BCUT2D eigenvalue weighted by Gasteiger charge is -2.30. The first-order valence-electron chi connectivity index (χ1n) is 5.56. The molecule has 1 atom stereocenters. The summed E-state index contributed by atoms with van der Waals surface area (Å²) in [4.78, 5) is 11.9. The molecular weight excluding hydrogens is 287 g/mol. The lowest BCUT2D eigenvalue weighted by Crippen LogP contribution is -2.37. The van der Waals surface area contributed by atoms with E-state index in [4.69, 9.17) is 13.8 Å². The average molecular weight is 304 g/mol. The summed E-state index contributed by atoms with van der Waals surface area (Å²) in [6, 6.07) is 5.75. The van der Waals surface area contributed by atoms with Gasteiger partial charge in [0.05, 0.1) is 14.2 Å². The molecule has 1 unspecified atom stereocenters. The van der Waals surface area contributed by atoms with Crippen LogP contribution in [0.1, 0.15) is 5.56 Å². The number of ether oxygens (including phenoxy) is 2. The van der Waals surface area contributed by atoms with Crippen molar-refractivity contribution in [3.63, 3.8) is 0 Å². The third kappa shape index (κ3) is 2.58. The molecule has 0 saturated heterocycles. The SMILES string of the molecule is COC(=O)C(O)(c1ccc(OC)cc1)P(=O)(OC)OC. The van der Waals surface area contributed by atoms with E-state index in [9.17, 15) is 14.5 Å². The first kappa shape index (κ1) is 16.7. The van der Waals surface area contributed by atoms with E-state index in [1.165, 1.54) is 31.4 Å². The molecule has 0 aliphatic carbocycles. The standard InChI is InChI=1S/C12H17O7P/c1-16-10-7-5-9(6-8-10)12(14,11(13)17-2)20(15,18-3)19-4/h5-8,14H,1-4H3. The van der Waals surface area contributed by atoms with Gasteiger partial charge in [-0.05, 0) is 12.1 Å². The normalized spacial score (nSPS) is 14.4. The molecule has 0 aliphatic rings. The molecule has 1 aromatic carbocycles. The average Bonchev–Trinajstić information content (AvgIpc) is 2.52. The van der Waals surface area contributed by atoms with Crippen molar-refractivity contribution in [3.05, 3.63) is 29.8 Å². The summed E-state index contributed by atoms with van der Waals surface area (Å²) in [7, 11) is 0.492. The highest BCUT2D eigenvalue weighted by Gasteiger charge is 2.58. The van der Waals surface area contributed by atoms with Crippen LogP contribution in [0.2, 0.25) is 0 Å². The van der Waals surface area contributed by atoms with E-state index < -0.39 is 18.9 Å². The maximum atomic E-state index is 12.5. The minimum Gasteiger partial charge on any atom is -0.497 e. The van der Waals surface area contributed by atoms with Gasteiger partial charge in [0.2, 0.25) is 0 Å². The highest BCUT2D eigenvalue weighted by Crippen LogP contribution is 2.63. The molecule has 0 amide bonds. The van der Waals surface area contributed by atoms with Crippen LogP contribution in [0.4, 0.5) is 0 Å². The lowest BCUT2D eigenvalue weighted by atomic mass is 10.1. The summed E-state index contributed by atoms with van der Waals surface area (Å²) in [5.74, 6) is -0.639. The van der Waals surface area contributed by atoms with Gasteiger partial charge < -0.3 is 23.6 Å². The monoisotopic (exact) mass is 304 g/mol. The topological polar surface area (TPSA) is 91.3 Å². The van der Waals surface area contributed by atoms with Gasteiger partial charge in [0.25, 0.3) is 5.34 Å². The quantitative estimate of drug-likeness (QED) is 0.629. The van der Waals surface area contributed by atoms with Crippen LogP contribution in [-0.4, -0.2) is 39.5 Å². The second-order valence-corrected chi connectivity index (χ2v) is 6.13. The van der Waals surface area contributed by atoms with Crippen molar-refractivity contribution in [2.45, 2.75) is 5.34 Å². The number of carbonyl (C=O) groups excluding carboxylic acids is 1. The molecule has 0 fully saturated rings. The van der Waals surface area contributed by atoms with E-state index in [-0.39, 0.29) is 5.56 Å². The Kier molecular flexibility index (Phi) is 5.30. The zero-order chi connectivity index (χ0) is 15.4. The third-order valence-electron chi connectivity index (χ3n) is 2.84. The van der Waals surface area contributed by atoms with Gasteiger partial charge >= 0.3 is 13.6 Å². The molecule has 0 heterocycles. The van der Waals surface area contributed by atoms with Crippen LogP contribution in [0.25, 0.3) is 0 Å². The molecule has 8 heteroatoms. The van der Waals surface area contributed by atoms with Crippen molar-refractivity contribution in [2.75, 3.05) is 28.4 Å². The Morgan fingerprint density at radius 2 is 1.60 bits per heavy atom. The Morgan fingerprint density at radius 3 is 1.95 bits per heavy atom. The second-order valence-electron chi connectivity index (χ2n) is 3.75. The van der Waals surface area contributed by atoms with Gasteiger partial charge in [-0.1, -0.05) is 12.1 Å². The van der Waals surface area contributed by atoms with Gasteiger partial charge in [-0.25, -0.2) is 4.79 Å². The molecule has 0 aromatic heterocycles. The van der Waals surface area contributed by atoms with Crippen LogP contribution in [0, 0.1) is 0 Å². The Bertz CT molecular complexity index is 505. The Balaban J connectivity index is 3.45. The minimum atomic E-state index is -4.18. The molecule has 0 bridgehead atoms. The summed E-state index contributed by atoms with van der Waals surface area (Å²) in [5.41, 5.74) is 0.0113. The molecule has 0 spiro atoms. The maximum Gasteiger partial charge on any atom is 0.377 e. The van der Waals surface area contributed by atoms with Gasteiger partial charge in [-0.2, -0.15) is 0 Å². The lowest BCUT2D eigenvalue weighted by molar-refractivity contribution is -0.156. The van der Waals surface area contributed by atoms with Gasteiger partial charge in [-0.3, -0.25) is 4.57 Å². The fourth-order valence-electron chi connectivity index (χ4n) is 1.69. The first-order chi connectivity index (χ1) is 9.39. The van der Waals surface area contributed by atoms with Crippen molar-refractivity contribution >= 4 is 13.6 Å². The largest absolute Gasteiger partial charge is 0.497 e. The van der Waals surface area contributed by atoms with Gasteiger partial charge in [0.1, 0.15) is 5.75 Å². The molecular formula is C12H17O7P. The molecule has 0 radical (unpaired) electrons. The second kappa shape index (κ2) is 6.37.